The van der Waals surface area contributed by atoms with Gasteiger partial charge in [-0.15, -0.1) is 0 Å². The number of carbonyl (C=O) groups is 2. The third-order valence-corrected chi connectivity index (χ3v) is 7.31. The highest BCUT2D eigenvalue weighted by Gasteiger charge is 2.19. The maximum absolute atomic E-state index is 12.7. The molecule has 0 N–H and O–H groups in total. The molecule has 0 atom stereocenters. The van der Waals surface area contributed by atoms with Crippen LogP contribution in [0.2, 0.25) is 0 Å². The van der Waals surface area contributed by atoms with E-state index in [1.54, 1.807) is 19.9 Å². The predicted octanol–water partition coefficient (Wildman–Crippen LogP) is 9.85. The Morgan fingerprint density at radius 3 is 1.13 bits per heavy atom. The average Bonchev–Trinajstić information content (AvgIpc) is 2.90. The molecule has 0 amide bonds. The molecule has 5 heteroatoms. The summed E-state index contributed by atoms with van der Waals surface area (Å²) in [4.78, 5) is 29.7. The zero-order valence-electron chi connectivity index (χ0n) is 25.2. The number of unbranched alkanes of at least 4 members (excludes halogenated alkanes) is 18. The molecule has 1 aromatic rings. The number of aromatic nitrogens is 1. The van der Waals surface area contributed by atoms with Crippen molar-refractivity contribution in [2.45, 2.75) is 156 Å². The summed E-state index contributed by atoms with van der Waals surface area (Å²) in [5.74, 6) is -0.815. The van der Waals surface area contributed by atoms with Crippen molar-refractivity contribution in [1.29, 1.82) is 0 Å². The first kappa shape index (κ1) is 34.1. The Balaban J connectivity index is 2.26. The molecule has 0 saturated carbocycles. The Kier molecular flexibility index (Phi) is 20.7. The summed E-state index contributed by atoms with van der Waals surface area (Å²) >= 11 is 0. The predicted molar refractivity (Wildman–Crippen MR) is 158 cm³/mol. The lowest BCUT2D eigenvalue weighted by atomic mass is 10.1. The molecule has 0 radical (unpaired) electrons. The van der Waals surface area contributed by atoms with E-state index in [-0.39, 0.29) is 0 Å². The highest BCUT2D eigenvalue weighted by molar-refractivity contribution is 5.96. The van der Waals surface area contributed by atoms with Crippen LogP contribution >= 0.6 is 0 Å². The second-order valence-electron chi connectivity index (χ2n) is 10.9. The molecule has 0 spiro atoms. The summed E-state index contributed by atoms with van der Waals surface area (Å²) in [6.45, 7) is 8.86. The van der Waals surface area contributed by atoms with Gasteiger partial charge in [0.1, 0.15) is 0 Å². The van der Waals surface area contributed by atoms with Gasteiger partial charge in [-0.1, -0.05) is 129 Å². The van der Waals surface area contributed by atoms with Crippen LogP contribution in [0.1, 0.15) is 174 Å². The number of pyridine rings is 1. The van der Waals surface area contributed by atoms with Crippen molar-refractivity contribution in [2.24, 2.45) is 0 Å². The number of hydrogen-bond acceptors (Lipinski definition) is 5. The number of ether oxygens (including phenoxy) is 2. The minimum atomic E-state index is -0.408. The molecule has 0 aliphatic carbocycles. The van der Waals surface area contributed by atoms with Crippen LogP contribution in [0, 0.1) is 13.8 Å². The first-order valence-corrected chi connectivity index (χ1v) is 15.8. The topological polar surface area (TPSA) is 65.5 Å². The van der Waals surface area contributed by atoms with Gasteiger partial charge >= 0.3 is 11.9 Å². The summed E-state index contributed by atoms with van der Waals surface area (Å²) in [6, 6.07) is 1.60. The normalized spacial score (nSPS) is 11.1. The lowest BCUT2D eigenvalue weighted by Gasteiger charge is -2.11. The monoisotopic (exact) mass is 531 g/mol. The number of aryl methyl sites for hydroxylation is 2. The Labute approximate surface area is 233 Å². The van der Waals surface area contributed by atoms with Gasteiger partial charge in [0.05, 0.1) is 35.7 Å². The van der Waals surface area contributed by atoms with Crippen LogP contribution in [0.4, 0.5) is 0 Å². The first-order valence-electron chi connectivity index (χ1n) is 15.8. The molecule has 38 heavy (non-hydrogen) atoms. The van der Waals surface area contributed by atoms with Gasteiger partial charge in [0.15, 0.2) is 0 Å². The summed E-state index contributed by atoms with van der Waals surface area (Å²) in [6.07, 6.45) is 24.7. The van der Waals surface area contributed by atoms with Crippen LogP contribution in [0.3, 0.4) is 0 Å². The number of nitrogens with zero attached hydrogens (tertiary/aromatic N) is 1. The van der Waals surface area contributed by atoms with E-state index in [4.69, 9.17) is 9.47 Å². The van der Waals surface area contributed by atoms with Crippen LogP contribution in [-0.2, 0) is 9.47 Å². The van der Waals surface area contributed by atoms with Gasteiger partial charge < -0.3 is 9.47 Å². The molecule has 1 heterocycles. The number of rotatable bonds is 24. The van der Waals surface area contributed by atoms with E-state index in [9.17, 15) is 9.59 Å². The number of esters is 2. The second kappa shape index (κ2) is 23.0. The second-order valence-corrected chi connectivity index (χ2v) is 10.9. The van der Waals surface area contributed by atoms with Crippen LogP contribution in [0.15, 0.2) is 6.07 Å². The van der Waals surface area contributed by atoms with Crippen molar-refractivity contribution in [3.8, 4) is 0 Å². The van der Waals surface area contributed by atoms with Crippen molar-refractivity contribution in [2.75, 3.05) is 13.2 Å². The fraction of sp³-hybridized carbons (Fsp3) is 0.788. The Hall–Kier alpha value is -1.91. The molecular formula is C33H57NO4. The summed E-state index contributed by atoms with van der Waals surface area (Å²) in [7, 11) is 0. The van der Waals surface area contributed by atoms with E-state index in [2.05, 4.69) is 18.8 Å². The smallest absolute Gasteiger partial charge is 0.340 e. The minimum absolute atomic E-state index is 0.355. The largest absolute Gasteiger partial charge is 0.462 e. The van der Waals surface area contributed by atoms with Crippen molar-refractivity contribution in [3.63, 3.8) is 0 Å². The quantitative estimate of drug-likeness (QED) is 0.0980. The van der Waals surface area contributed by atoms with E-state index < -0.39 is 11.9 Å². The lowest BCUT2D eigenvalue weighted by Crippen LogP contribution is -2.15. The molecular weight excluding hydrogens is 474 g/mol. The Morgan fingerprint density at radius 1 is 0.526 bits per heavy atom. The van der Waals surface area contributed by atoms with E-state index in [0.29, 0.717) is 35.7 Å². The molecule has 5 nitrogen and oxygen atoms in total. The molecule has 0 aliphatic rings. The van der Waals surface area contributed by atoms with Crippen LogP contribution in [0.5, 0.6) is 0 Å². The van der Waals surface area contributed by atoms with Gasteiger partial charge in [0.2, 0.25) is 0 Å². The number of hydrogen-bond donors (Lipinski definition) is 0. The van der Waals surface area contributed by atoms with Crippen molar-refractivity contribution in [1.82, 2.24) is 4.98 Å². The minimum Gasteiger partial charge on any atom is -0.462 e. The summed E-state index contributed by atoms with van der Waals surface area (Å²) < 4.78 is 11.0. The molecule has 1 rings (SSSR count). The zero-order chi connectivity index (χ0) is 27.8. The number of carbonyl (C=O) groups excluding carboxylic acids is 2. The van der Waals surface area contributed by atoms with Crippen LogP contribution in [0.25, 0.3) is 0 Å². The standard InChI is InChI=1S/C33H57NO4/c1-5-7-9-11-13-15-17-19-21-23-25-37-32(35)30-27-31(29(4)34-28(30)3)33(36)38-26-24-22-20-18-16-14-12-10-8-6-2/h27H,5-26H2,1-4H3. The highest BCUT2D eigenvalue weighted by Crippen LogP contribution is 2.17. The fourth-order valence-corrected chi connectivity index (χ4v) is 4.80. The van der Waals surface area contributed by atoms with E-state index in [1.165, 1.54) is 103 Å². The average molecular weight is 532 g/mol. The van der Waals surface area contributed by atoms with Gasteiger partial charge in [-0.05, 0) is 32.8 Å². The molecule has 0 aromatic carbocycles. The maximum Gasteiger partial charge on any atom is 0.340 e. The van der Waals surface area contributed by atoms with Gasteiger partial charge in [-0.3, -0.25) is 4.98 Å². The molecule has 0 fully saturated rings. The van der Waals surface area contributed by atoms with Crippen molar-refractivity contribution in [3.05, 3.63) is 28.6 Å². The van der Waals surface area contributed by atoms with Crippen molar-refractivity contribution >= 4 is 11.9 Å². The van der Waals surface area contributed by atoms with Crippen LogP contribution in [-0.4, -0.2) is 30.1 Å². The zero-order valence-corrected chi connectivity index (χ0v) is 25.2. The van der Waals surface area contributed by atoms with Crippen molar-refractivity contribution < 1.29 is 19.1 Å². The van der Waals surface area contributed by atoms with Gasteiger partial charge in [0.25, 0.3) is 0 Å². The van der Waals surface area contributed by atoms with Gasteiger partial charge in [0, 0.05) is 0 Å². The molecule has 0 saturated heterocycles. The molecule has 0 bridgehead atoms. The molecule has 0 unspecified atom stereocenters. The summed E-state index contributed by atoms with van der Waals surface area (Å²) in [5.41, 5.74) is 1.88. The van der Waals surface area contributed by atoms with Gasteiger partial charge in [-0.25, -0.2) is 9.59 Å². The summed E-state index contributed by atoms with van der Waals surface area (Å²) in [5, 5.41) is 0. The van der Waals surface area contributed by atoms with E-state index in [1.807, 2.05) is 0 Å². The van der Waals surface area contributed by atoms with Crippen LogP contribution < -0.4 is 0 Å². The third kappa shape index (κ3) is 16.1. The Morgan fingerprint density at radius 2 is 0.816 bits per heavy atom. The first-order chi connectivity index (χ1) is 18.5. The lowest BCUT2D eigenvalue weighted by molar-refractivity contribution is 0.0494. The molecule has 0 aliphatic heterocycles. The van der Waals surface area contributed by atoms with E-state index in [0.717, 1.165) is 25.7 Å². The Bertz CT molecular complexity index is 702. The molecule has 1 aromatic heterocycles. The van der Waals surface area contributed by atoms with Gasteiger partial charge in [-0.2, -0.15) is 0 Å². The third-order valence-electron chi connectivity index (χ3n) is 7.31. The van der Waals surface area contributed by atoms with E-state index >= 15 is 0 Å². The molecule has 218 valence electrons. The fourth-order valence-electron chi connectivity index (χ4n) is 4.80. The maximum atomic E-state index is 12.7. The SMILES string of the molecule is CCCCCCCCCCCCOC(=O)c1cc(C(=O)OCCCCCCCCCCCC)c(C)nc1C. The highest BCUT2D eigenvalue weighted by atomic mass is 16.5.